The van der Waals surface area contributed by atoms with E-state index in [2.05, 4.69) is 89.6 Å². The van der Waals surface area contributed by atoms with E-state index in [1.54, 1.807) is 0 Å². The van der Waals surface area contributed by atoms with E-state index in [4.69, 9.17) is 0 Å². The predicted octanol–water partition coefficient (Wildman–Crippen LogP) is 5.60. The zero-order chi connectivity index (χ0) is 16.8. The molecular formula is C23H20N2. The smallest absolute Gasteiger partial charge is 0.0703 e. The highest BCUT2D eigenvalue weighted by Crippen LogP contribution is 2.47. The molecular weight excluding hydrogens is 304 g/mol. The second kappa shape index (κ2) is 5.59. The third-order valence-corrected chi connectivity index (χ3v) is 5.32. The number of hydrogen-bond donors (Lipinski definition) is 0. The minimum Gasteiger partial charge on any atom is -0.333 e. The highest BCUT2D eigenvalue weighted by molar-refractivity contribution is 5.85. The number of allylic oxidation sites excluding steroid dienone is 2. The fourth-order valence-corrected chi connectivity index (χ4v) is 4.09. The van der Waals surface area contributed by atoms with Crippen molar-refractivity contribution in [3.63, 3.8) is 0 Å². The summed E-state index contributed by atoms with van der Waals surface area (Å²) in [5.74, 6) is 0.891. The van der Waals surface area contributed by atoms with E-state index in [1.807, 2.05) is 12.3 Å². The summed E-state index contributed by atoms with van der Waals surface area (Å²) in [7, 11) is 0. The van der Waals surface area contributed by atoms with Crippen LogP contribution < -0.4 is 4.90 Å². The van der Waals surface area contributed by atoms with Crippen LogP contribution in [0, 0.1) is 5.92 Å². The highest BCUT2D eigenvalue weighted by Gasteiger charge is 2.36. The first kappa shape index (κ1) is 14.5. The van der Waals surface area contributed by atoms with Crippen molar-refractivity contribution < 1.29 is 0 Å². The van der Waals surface area contributed by atoms with Gasteiger partial charge in [0.1, 0.15) is 0 Å². The summed E-state index contributed by atoms with van der Waals surface area (Å²) < 4.78 is 0. The lowest BCUT2D eigenvalue weighted by atomic mass is 9.95. The van der Waals surface area contributed by atoms with Gasteiger partial charge in [0.15, 0.2) is 0 Å². The van der Waals surface area contributed by atoms with Gasteiger partial charge in [-0.25, -0.2) is 0 Å². The van der Waals surface area contributed by atoms with Gasteiger partial charge in [-0.2, -0.15) is 0 Å². The number of benzene rings is 2. The Morgan fingerprint density at radius 3 is 2.72 bits per heavy atom. The van der Waals surface area contributed by atoms with Crippen LogP contribution in [0.15, 0.2) is 85.1 Å². The van der Waals surface area contributed by atoms with Gasteiger partial charge in [0.25, 0.3) is 0 Å². The Kier molecular flexibility index (Phi) is 3.24. The molecule has 2 aromatic carbocycles. The lowest BCUT2D eigenvalue weighted by Crippen LogP contribution is -2.27. The molecule has 2 heteroatoms. The molecule has 0 bridgehead atoms. The van der Waals surface area contributed by atoms with Gasteiger partial charge in [0.2, 0.25) is 0 Å². The average molecular weight is 324 g/mol. The molecule has 0 spiro atoms. The van der Waals surface area contributed by atoms with Crippen LogP contribution in [0.2, 0.25) is 0 Å². The number of para-hydroxylation sites is 1. The zero-order valence-electron chi connectivity index (χ0n) is 14.2. The quantitative estimate of drug-likeness (QED) is 0.542. The molecule has 122 valence electrons. The van der Waals surface area contributed by atoms with Gasteiger partial charge in [0.05, 0.1) is 11.6 Å². The average Bonchev–Trinajstić information content (AvgIpc) is 2.85. The van der Waals surface area contributed by atoms with Crippen LogP contribution in [0.1, 0.15) is 18.4 Å². The Bertz CT molecular complexity index is 1000. The minimum absolute atomic E-state index is 0.327. The van der Waals surface area contributed by atoms with E-state index in [9.17, 15) is 0 Å². The van der Waals surface area contributed by atoms with Crippen molar-refractivity contribution in [2.45, 2.75) is 18.9 Å². The van der Waals surface area contributed by atoms with Gasteiger partial charge in [0, 0.05) is 28.9 Å². The largest absolute Gasteiger partial charge is 0.333 e. The number of nitrogens with zero attached hydrogens (tertiary/aromatic N) is 2. The lowest BCUT2D eigenvalue weighted by Gasteiger charge is -2.27. The molecule has 0 saturated carbocycles. The minimum atomic E-state index is 0.327. The van der Waals surface area contributed by atoms with E-state index in [0.717, 1.165) is 5.52 Å². The van der Waals surface area contributed by atoms with Gasteiger partial charge < -0.3 is 4.90 Å². The van der Waals surface area contributed by atoms with E-state index < -0.39 is 0 Å². The van der Waals surface area contributed by atoms with Crippen molar-refractivity contribution in [3.8, 4) is 0 Å². The van der Waals surface area contributed by atoms with Gasteiger partial charge in [-0.15, -0.1) is 0 Å². The molecule has 3 unspecified atom stereocenters. The molecule has 3 aromatic rings. The predicted molar refractivity (Wildman–Crippen MR) is 104 cm³/mol. The number of fused-ring (bicyclic) bond motifs is 4. The molecule has 2 aliphatic rings. The standard InChI is InChI=1S/C23H20N2/c1-16-8-11-20-19-6-2-3-7-22(19)25(23(20)13-9-16)18-10-12-21-17(15-18)5-4-14-24-21/h2-16,20,23H,1H3. The van der Waals surface area contributed by atoms with Crippen LogP contribution >= 0.6 is 0 Å². The van der Waals surface area contributed by atoms with Crippen LogP contribution in [-0.2, 0) is 0 Å². The Labute approximate surface area is 148 Å². The first-order chi connectivity index (χ1) is 12.3. The molecule has 1 aliphatic heterocycles. The second-order valence-corrected chi connectivity index (χ2v) is 6.95. The summed E-state index contributed by atoms with van der Waals surface area (Å²) in [6.45, 7) is 2.24. The normalized spacial score (nSPS) is 24.2. The van der Waals surface area contributed by atoms with Gasteiger partial charge in [-0.1, -0.05) is 55.5 Å². The lowest BCUT2D eigenvalue weighted by molar-refractivity contribution is 0.755. The maximum Gasteiger partial charge on any atom is 0.0703 e. The molecule has 0 N–H and O–H groups in total. The third-order valence-electron chi connectivity index (χ3n) is 5.32. The number of anilines is 2. The van der Waals surface area contributed by atoms with Crippen molar-refractivity contribution in [2.75, 3.05) is 4.90 Å². The molecule has 1 aliphatic carbocycles. The molecule has 2 nitrogen and oxygen atoms in total. The van der Waals surface area contributed by atoms with Crippen LogP contribution in [0.25, 0.3) is 10.9 Å². The molecule has 5 rings (SSSR count). The first-order valence-corrected chi connectivity index (χ1v) is 8.91. The van der Waals surface area contributed by atoms with Gasteiger partial charge >= 0.3 is 0 Å². The summed E-state index contributed by atoms with van der Waals surface area (Å²) in [6, 6.07) is 19.8. The van der Waals surface area contributed by atoms with Crippen molar-refractivity contribution >= 4 is 22.3 Å². The van der Waals surface area contributed by atoms with Crippen LogP contribution in [0.3, 0.4) is 0 Å². The van der Waals surface area contributed by atoms with Crippen molar-refractivity contribution in [1.29, 1.82) is 0 Å². The summed E-state index contributed by atoms with van der Waals surface area (Å²) >= 11 is 0. The van der Waals surface area contributed by atoms with E-state index in [1.165, 1.54) is 22.3 Å². The molecule has 3 atom stereocenters. The Balaban J connectivity index is 1.70. The van der Waals surface area contributed by atoms with Crippen molar-refractivity contribution in [2.24, 2.45) is 5.92 Å². The maximum absolute atomic E-state index is 4.46. The monoisotopic (exact) mass is 324 g/mol. The molecule has 0 saturated heterocycles. The van der Waals surface area contributed by atoms with Gasteiger partial charge in [-0.05, 0) is 41.8 Å². The van der Waals surface area contributed by atoms with Crippen molar-refractivity contribution in [3.05, 3.63) is 90.7 Å². The maximum atomic E-state index is 4.46. The molecule has 0 radical (unpaired) electrons. The summed E-state index contributed by atoms with van der Waals surface area (Å²) in [5, 5.41) is 1.18. The van der Waals surface area contributed by atoms with E-state index >= 15 is 0 Å². The van der Waals surface area contributed by atoms with Crippen molar-refractivity contribution in [1.82, 2.24) is 4.98 Å². The molecule has 1 aromatic heterocycles. The number of hydrogen-bond acceptors (Lipinski definition) is 2. The number of aromatic nitrogens is 1. The number of pyridine rings is 1. The SMILES string of the molecule is CC1C=CC2c3ccccc3N(c3ccc4ncccc4c3)C2C=C1. The number of rotatable bonds is 1. The molecule has 2 heterocycles. The Hall–Kier alpha value is -2.87. The topological polar surface area (TPSA) is 16.1 Å². The molecule has 25 heavy (non-hydrogen) atoms. The Morgan fingerprint density at radius 1 is 0.880 bits per heavy atom. The third kappa shape index (κ3) is 2.29. The van der Waals surface area contributed by atoms with E-state index in [-0.39, 0.29) is 0 Å². The van der Waals surface area contributed by atoms with Crippen LogP contribution in [-0.4, -0.2) is 11.0 Å². The molecule has 0 fully saturated rings. The fourth-order valence-electron chi connectivity index (χ4n) is 4.09. The summed E-state index contributed by atoms with van der Waals surface area (Å²) in [5.41, 5.74) is 4.99. The van der Waals surface area contributed by atoms with Crippen LogP contribution in [0.4, 0.5) is 11.4 Å². The molecule has 0 amide bonds. The first-order valence-electron chi connectivity index (χ1n) is 8.91. The summed E-state index contributed by atoms with van der Waals surface area (Å²) in [4.78, 5) is 6.93. The zero-order valence-corrected chi connectivity index (χ0v) is 14.2. The van der Waals surface area contributed by atoms with Crippen LogP contribution in [0.5, 0.6) is 0 Å². The highest BCUT2D eigenvalue weighted by atomic mass is 15.2. The Morgan fingerprint density at radius 2 is 1.76 bits per heavy atom. The fraction of sp³-hybridized carbons (Fsp3) is 0.174. The van der Waals surface area contributed by atoms with E-state index in [0.29, 0.717) is 17.9 Å². The van der Waals surface area contributed by atoms with Gasteiger partial charge in [-0.3, -0.25) is 4.98 Å². The summed E-state index contributed by atoms with van der Waals surface area (Å²) in [6.07, 6.45) is 11.3. The second-order valence-electron chi connectivity index (χ2n) is 6.95.